The molecular formula is C10H10N2O3. The largest absolute Gasteiger partial charge is 0.465 e. The van der Waals surface area contributed by atoms with Gasteiger partial charge >= 0.3 is 6.09 Å². The lowest BCUT2D eigenvalue weighted by molar-refractivity contribution is 0.111. The van der Waals surface area contributed by atoms with Gasteiger partial charge < -0.3 is 5.11 Å². The molecule has 1 aromatic heterocycles. The Morgan fingerprint density at radius 2 is 2.33 bits per heavy atom. The highest BCUT2D eigenvalue weighted by molar-refractivity contribution is 5.87. The average molecular weight is 206 g/mol. The predicted octanol–water partition coefficient (Wildman–Crippen LogP) is 1.32. The maximum atomic E-state index is 10.9. The van der Waals surface area contributed by atoms with E-state index in [9.17, 15) is 9.59 Å². The third-order valence-corrected chi connectivity index (χ3v) is 2.41. The Morgan fingerprint density at radius 1 is 1.53 bits per heavy atom. The van der Waals surface area contributed by atoms with Crippen molar-refractivity contribution in [1.82, 2.24) is 4.98 Å². The van der Waals surface area contributed by atoms with Crippen molar-refractivity contribution in [3.8, 4) is 0 Å². The van der Waals surface area contributed by atoms with Gasteiger partial charge in [-0.15, -0.1) is 0 Å². The zero-order chi connectivity index (χ0) is 10.8. The summed E-state index contributed by atoms with van der Waals surface area (Å²) in [5.74, 6) is 0.401. The normalized spacial score (nSPS) is 14.5. The van der Waals surface area contributed by atoms with Crippen molar-refractivity contribution in [3.05, 3.63) is 23.4 Å². The number of carbonyl (C=O) groups is 2. The Labute approximate surface area is 86.3 Å². The van der Waals surface area contributed by atoms with Crippen molar-refractivity contribution in [3.63, 3.8) is 0 Å². The summed E-state index contributed by atoms with van der Waals surface area (Å²) >= 11 is 0. The number of aromatic nitrogens is 1. The van der Waals surface area contributed by atoms with Gasteiger partial charge in [-0.1, -0.05) is 6.07 Å². The number of carboxylic acid groups (broad SMARTS) is 1. The summed E-state index contributed by atoms with van der Waals surface area (Å²) in [6.07, 6.45) is 1.20. The predicted molar refractivity (Wildman–Crippen MR) is 53.3 cm³/mol. The van der Waals surface area contributed by atoms with Crippen LogP contribution in [0.15, 0.2) is 12.1 Å². The summed E-state index contributed by atoms with van der Waals surface area (Å²) < 4.78 is 0. The molecule has 1 aliphatic heterocycles. The van der Waals surface area contributed by atoms with E-state index in [1.165, 1.54) is 4.90 Å². The third kappa shape index (κ3) is 1.68. The van der Waals surface area contributed by atoms with Gasteiger partial charge in [-0.3, -0.25) is 9.69 Å². The van der Waals surface area contributed by atoms with Crippen LogP contribution in [0.5, 0.6) is 0 Å². The highest BCUT2D eigenvalue weighted by atomic mass is 16.4. The first-order valence-corrected chi connectivity index (χ1v) is 4.68. The SMILES string of the molecule is O=Cc1ccc2c(n1)N(C(=O)O)CCC2. The van der Waals surface area contributed by atoms with E-state index >= 15 is 0 Å². The van der Waals surface area contributed by atoms with Crippen molar-refractivity contribution in [1.29, 1.82) is 0 Å². The van der Waals surface area contributed by atoms with E-state index < -0.39 is 6.09 Å². The molecule has 5 heteroatoms. The van der Waals surface area contributed by atoms with Gasteiger partial charge in [0.1, 0.15) is 11.5 Å². The van der Waals surface area contributed by atoms with Crippen LogP contribution in [-0.2, 0) is 6.42 Å². The quantitative estimate of drug-likeness (QED) is 0.703. The van der Waals surface area contributed by atoms with Gasteiger partial charge in [0.05, 0.1) is 0 Å². The summed E-state index contributed by atoms with van der Waals surface area (Å²) in [6, 6.07) is 3.37. The molecule has 5 nitrogen and oxygen atoms in total. The highest BCUT2D eigenvalue weighted by Gasteiger charge is 2.23. The van der Waals surface area contributed by atoms with Crippen molar-refractivity contribution >= 4 is 18.2 Å². The molecule has 0 saturated heterocycles. The number of rotatable bonds is 1. The summed E-state index contributed by atoms with van der Waals surface area (Å²) in [7, 11) is 0. The number of hydrogen-bond donors (Lipinski definition) is 1. The number of carbonyl (C=O) groups excluding carboxylic acids is 1. The smallest absolute Gasteiger partial charge is 0.413 e. The molecule has 78 valence electrons. The van der Waals surface area contributed by atoms with E-state index in [-0.39, 0.29) is 5.69 Å². The van der Waals surface area contributed by atoms with E-state index in [1.807, 2.05) is 0 Å². The van der Waals surface area contributed by atoms with Crippen LogP contribution >= 0.6 is 0 Å². The summed E-state index contributed by atoms with van der Waals surface area (Å²) in [4.78, 5) is 26.7. The zero-order valence-electron chi connectivity index (χ0n) is 8.01. The molecule has 1 N–H and O–H groups in total. The van der Waals surface area contributed by atoms with Gasteiger partial charge in [-0.25, -0.2) is 9.78 Å². The second-order valence-electron chi connectivity index (χ2n) is 3.37. The summed E-state index contributed by atoms with van der Waals surface area (Å²) in [6.45, 7) is 0.442. The number of pyridine rings is 1. The van der Waals surface area contributed by atoms with Gasteiger partial charge in [0.25, 0.3) is 0 Å². The molecule has 15 heavy (non-hydrogen) atoms. The molecule has 2 rings (SSSR count). The summed E-state index contributed by atoms with van der Waals surface area (Å²) in [5.41, 5.74) is 1.15. The lowest BCUT2D eigenvalue weighted by Crippen LogP contribution is -2.35. The molecule has 1 amide bonds. The molecule has 0 bridgehead atoms. The van der Waals surface area contributed by atoms with Gasteiger partial charge in [-0.05, 0) is 24.5 Å². The standard InChI is InChI=1S/C10H10N2O3/c13-6-8-4-3-7-2-1-5-12(10(14)15)9(7)11-8/h3-4,6H,1-2,5H2,(H,14,15). The van der Waals surface area contributed by atoms with E-state index in [2.05, 4.69) is 4.98 Å². The monoisotopic (exact) mass is 206 g/mol. The molecule has 0 unspecified atom stereocenters. The number of aryl methyl sites for hydroxylation is 1. The first kappa shape index (κ1) is 9.64. The van der Waals surface area contributed by atoms with Crippen molar-refractivity contribution < 1.29 is 14.7 Å². The van der Waals surface area contributed by atoms with Gasteiger partial charge in [0.2, 0.25) is 0 Å². The molecule has 1 aliphatic rings. The fourth-order valence-electron chi connectivity index (χ4n) is 1.71. The topological polar surface area (TPSA) is 70.5 Å². The van der Waals surface area contributed by atoms with Crippen molar-refractivity contribution in [2.75, 3.05) is 11.4 Å². The molecule has 0 spiro atoms. The van der Waals surface area contributed by atoms with Gasteiger partial charge in [-0.2, -0.15) is 0 Å². The van der Waals surface area contributed by atoms with Crippen LogP contribution in [0.25, 0.3) is 0 Å². The lowest BCUT2D eigenvalue weighted by Gasteiger charge is -2.25. The Hall–Kier alpha value is -1.91. The first-order chi connectivity index (χ1) is 7.22. The molecule has 0 radical (unpaired) electrons. The Bertz CT molecular complexity index is 417. The number of anilines is 1. The van der Waals surface area contributed by atoms with Crippen LogP contribution in [-0.4, -0.2) is 29.0 Å². The Kier molecular flexibility index (Phi) is 2.37. The van der Waals surface area contributed by atoms with Crippen molar-refractivity contribution in [2.45, 2.75) is 12.8 Å². The molecule has 0 saturated carbocycles. The molecule has 0 aliphatic carbocycles. The second-order valence-corrected chi connectivity index (χ2v) is 3.37. The van der Waals surface area contributed by atoms with E-state index in [0.717, 1.165) is 18.4 Å². The lowest BCUT2D eigenvalue weighted by atomic mass is 10.1. The van der Waals surface area contributed by atoms with Crippen LogP contribution in [0.3, 0.4) is 0 Å². The number of amides is 1. The summed E-state index contributed by atoms with van der Waals surface area (Å²) in [5, 5.41) is 8.95. The maximum absolute atomic E-state index is 10.9. The van der Waals surface area contributed by atoms with Crippen LogP contribution in [0.4, 0.5) is 10.6 Å². The highest BCUT2D eigenvalue weighted by Crippen LogP contribution is 2.24. The van der Waals surface area contributed by atoms with Crippen LogP contribution in [0.1, 0.15) is 22.5 Å². The van der Waals surface area contributed by atoms with Gasteiger partial charge in [0.15, 0.2) is 6.29 Å². The van der Waals surface area contributed by atoms with Gasteiger partial charge in [0, 0.05) is 6.54 Å². The molecular weight excluding hydrogens is 196 g/mol. The number of fused-ring (bicyclic) bond motifs is 1. The third-order valence-electron chi connectivity index (χ3n) is 2.41. The van der Waals surface area contributed by atoms with Crippen LogP contribution < -0.4 is 4.90 Å². The van der Waals surface area contributed by atoms with E-state index in [0.29, 0.717) is 18.6 Å². The van der Waals surface area contributed by atoms with Crippen molar-refractivity contribution in [2.24, 2.45) is 0 Å². The first-order valence-electron chi connectivity index (χ1n) is 4.68. The maximum Gasteiger partial charge on any atom is 0.413 e. The minimum absolute atomic E-state index is 0.266. The van der Waals surface area contributed by atoms with E-state index in [4.69, 9.17) is 5.11 Å². The zero-order valence-corrected chi connectivity index (χ0v) is 8.01. The molecule has 2 heterocycles. The molecule has 1 aromatic rings. The molecule has 0 fully saturated rings. The second kappa shape index (κ2) is 3.68. The molecule has 0 aromatic carbocycles. The number of aldehydes is 1. The molecule has 0 atom stereocenters. The van der Waals surface area contributed by atoms with E-state index in [1.54, 1.807) is 12.1 Å². The van der Waals surface area contributed by atoms with Crippen LogP contribution in [0, 0.1) is 0 Å². The Balaban J connectivity index is 2.48. The number of nitrogens with zero attached hydrogens (tertiary/aromatic N) is 2. The minimum atomic E-state index is -1.02. The van der Waals surface area contributed by atoms with Crippen LogP contribution in [0.2, 0.25) is 0 Å². The average Bonchev–Trinajstić information content (AvgIpc) is 2.27. The fraction of sp³-hybridized carbons (Fsp3) is 0.300. The minimum Gasteiger partial charge on any atom is -0.465 e. The fourth-order valence-corrected chi connectivity index (χ4v) is 1.71. The number of hydrogen-bond acceptors (Lipinski definition) is 3. The Morgan fingerprint density at radius 3 is 3.00 bits per heavy atom.